The molecule has 5 nitrogen and oxygen atoms in total. The number of hydrogen-bond acceptors (Lipinski definition) is 4. The van der Waals surface area contributed by atoms with Crippen LogP contribution in [0.3, 0.4) is 0 Å². The first-order valence-corrected chi connectivity index (χ1v) is 7.02. The predicted molar refractivity (Wildman–Crippen MR) is 82.8 cm³/mol. The van der Waals surface area contributed by atoms with Crippen molar-refractivity contribution in [2.24, 2.45) is 0 Å². The van der Waals surface area contributed by atoms with E-state index in [1.807, 2.05) is 54.9 Å². The summed E-state index contributed by atoms with van der Waals surface area (Å²) >= 11 is 0. The van der Waals surface area contributed by atoms with E-state index in [1.165, 1.54) is 6.20 Å². The third-order valence-electron chi connectivity index (χ3n) is 3.14. The Bertz CT molecular complexity index is 768. The van der Waals surface area contributed by atoms with Crippen molar-refractivity contribution in [3.8, 4) is 17.2 Å². The zero-order valence-corrected chi connectivity index (χ0v) is 12.1. The van der Waals surface area contributed by atoms with Crippen LogP contribution in [-0.2, 0) is 4.74 Å². The maximum absolute atomic E-state index is 12.1. The topological polar surface area (TPSA) is 57.0 Å². The van der Waals surface area contributed by atoms with Gasteiger partial charge in [-0.05, 0) is 19.1 Å². The van der Waals surface area contributed by atoms with Gasteiger partial charge < -0.3 is 9.30 Å². The van der Waals surface area contributed by atoms with Gasteiger partial charge in [0.2, 0.25) is 0 Å². The average Bonchev–Trinajstić information content (AvgIpc) is 3.10. The van der Waals surface area contributed by atoms with Gasteiger partial charge in [0.05, 0.1) is 6.61 Å². The van der Waals surface area contributed by atoms with Crippen molar-refractivity contribution < 1.29 is 9.53 Å². The number of rotatable bonds is 4. The highest BCUT2D eigenvalue weighted by molar-refractivity contribution is 5.92. The molecular formula is C17H15N3O2. The van der Waals surface area contributed by atoms with Crippen LogP contribution >= 0.6 is 0 Å². The van der Waals surface area contributed by atoms with Gasteiger partial charge >= 0.3 is 5.97 Å². The Labute approximate surface area is 128 Å². The SMILES string of the molecule is CCOC(=O)c1cnc(-c2ccccc2)nc1-n1cccc1. The van der Waals surface area contributed by atoms with Crippen molar-refractivity contribution in [3.05, 3.63) is 66.6 Å². The molecule has 22 heavy (non-hydrogen) atoms. The van der Waals surface area contributed by atoms with Crippen LogP contribution in [0.2, 0.25) is 0 Å². The second-order valence-corrected chi connectivity index (χ2v) is 4.61. The van der Waals surface area contributed by atoms with E-state index in [9.17, 15) is 4.79 Å². The van der Waals surface area contributed by atoms with E-state index >= 15 is 0 Å². The highest BCUT2D eigenvalue weighted by atomic mass is 16.5. The molecule has 2 aromatic heterocycles. The first kappa shape index (κ1) is 14.0. The monoisotopic (exact) mass is 293 g/mol. The van der Waals surface area contributed by atoms with Crippen molar-refractivity contribution in [1.82, 2.24) is 14.5 Å². The van der Waals surface area contributed by atoms with E-state index in [0.29, 0.717) is 23.8 Å². The lowest BCUT2D eigenvalue weighted by atomic mass is 10.2. The van der Waals surface area contributed by atoms with E-state index in [0.717, 1.165) is 5.56 Å². The van der Waals surface area contributed by atoms with E-state index in [4.69, 9.17) is 4.74 Å². The summed E-state index contributed by atoms with van der Waals surface area (Å²) in [6, 6.07) is 13.4. The van der Waals surface area contributed by atoms with E-state index in [-0.39, 0.29) is 0 Å². The molecule has 0 fully saturated rings. The Morgan fingerprint density at radius 3 is 2.55 bits per heavy atom. The van der Waals surface area contributed by atoms with Gasteiger partial charge in [0.15, 0.2) is 11.6 Å². The molecule has 1 aromatic carbocycles. The lowest BCUT2D eigenvalue weighted by Crippen LogP contribution is -2.12. The summed E-state index contributed by atoms with van der Waals surface area (Å²) in [5, 5.41) is 0. The van der Waals surface area contributed by atoms with Gasteiger partial charge in [-0.2, -0.15) is 0 Å². The molecule has 0 radical (unpaired) electrons. The Morgan fingerprint density at radius 2 is 1.86 bits per heavy atom. The quantitative estimate of drug-likeness (QED) is 0.694. The molecular weight excluding hydrogens is 278 g/mol. The first-order chi connectivity index (χ1) is 10.8. The summed E-state index contributed by atoms with van der Waals surface area (Å²) in [6.45, 7) is 2.08. The van der Waals surface area contributed by atoms with Gasteiger partial charge in [0.25, 0.3) is 0 Å². The number of esters is 1. The molecule has 0 N–H and O–H groups in total. The van der Waals surface area contributed by atoms with Crippen LogP contribution in [0.4, 0.5) is 0 Å². The maximum atomic E-state index is 12.1. The summed E-state index contributed by atoms with van der Waals surface area (Å²) in [6.07, 6.45) is 5.18. The van der Waals surface area contributed by atoms with Crippen LogP contribution in [0, 0.1) is 0 Å². The van der Waals surface area contributed by atoms with Crippen LogP contribution in [0.1, 0.15) is 17.3 Å². The number of carbonyl (C=O) groups excluding carboxylic acids is 1. The van der Waals surface area contributed by atoms with Gasteiger partial charge in [-0.25, -0.2) is 14.8 Å². The zero-order valence-electron chi connectivity index (χ0n) is 12.1. The van der Waals surface area contributed by atoms with Gasteiger partial charge in [-0.3, -0.25) is 0 Å². The highest BCUT2D eigenvalue weighted by Crippen LogP contribution is 2.19. The molecule has 0 aliphatic rings. The molecule has 3 aromatic rings. The van der Waals surface area contributed by atoms with Gasteiger partial charge in [-0.1, -0.05) is 30.3 Å². The van der Waals surface area contributed by atoms with Crippen molar-refractivity contribution in [3.63, 3.8) is 0 Å². The third kappa shape index (κ3) is 2.74. The molecule has 0 bridgehead atoms. The third-order valence-corrected chi connectivity index (χ3v) is 3.14. The molecule has 0 aliphatic carbocycles. The van der Waals surface area contributed by atoms with Crippen LogP contribution in [0.15, 0.2) is 61.1 Å². The molecule has 110 valence electrons. The largest absolute Gasteiger partial charge is 0.462 e. The summed E-state index contributed by atoms with van der Waals surface area (Å²) in [5.74, 6) is 0.653. The fourth-order valence-electron chi connectivity index (χ4n) is 2.12. The maximum Gasteiger partial charge on any atom is 0.343 e. The second-order valence-electron chi connectivity index (χ2n) is 4.61. The van der Waals surface area contributed by atoms with Crippen LogP contribution in [0.25, 0.3) is 17.2 Å². The number of ether oxygens (including phenoxy) is 1. The zero-order chi connectivity index (χ0) is 15.4. The van der Waals surface area contributed by atoms with E-state index in [1.54, 1.807) is 11.5 Å². The summed E-state index contributed by atoms with van der Waals surface area (Å²) in [7, 11) is 0. The lowest BCUT2D eigenvalue weighted by Gasteiger charge is -2.10. The number of aromatic nitrogens is 3. The highest BCUT2D eigenvalue weighted by Gasteiger charge is 2.17. The molecule has 0 saturated heterocycles. The number of benzene rings is 1. The van der Waals surface area contributed by atoms with Crippen molar-refractivity contribution in [2.45, 2.75) is 6.92 Å². The molecule has 0 spiro atoms. The summed E-state index contributed by atoms with van der Waals surface area (Å²) < 4.78 is 6.86. The first-order valence-electron chi connectivity index (χ1n) is 7.02. The Balaban J connectivity index is 2.11. The number of hydrogen-bond donors (Lipinski definition) is 0. The minimum Gasteiger partial charge on any atom is -0.462 e. The molecule has 0 saturated carbocycles. The molecule has 0 atom stereocenters. The molecule has 3 rings (SSSR count). The van der Waals surface area contributed by atoms with Gasteiger partial charge in [0, 0.05) is 24.2 Å². The fraction of sp³-hybridized carbons (Fsp3) is 0.118. The van der Waals surface area contributed by atoms with Crippen LogP contribution in [0.5, 0.6) is 0 Å². The molecule has 0 amide bonds. The van der Waals surface area contributed by atoms with E-state index < -0.39 is 5.97 Å². The van der Waals surface area contributed by atoms with Crippen molar-refractivity contribution in [2.75, 3.05) is 6.61 Å². The predicted octanol–water partition coefficient (Wildman–Crippen LogP) is 3.11. The van der Waals surface area contributed by atoms with Gasteiger partial charge in [-0.15, -0.1) is 0 Å². The summed E-state index contributed by atoms with van der Waals surface area (Å²) in [4.78, 5) is 20.9. The van der Waals surface area contributed by atoms with Crippen LogP contribution in [-0.4, -0.2) is 27.1 Å². The lowest BCUT2D eigenvalue weighted by molar-refractivity contribution is 0.0525. The molecule has 0 aliphatic heterocycles. The van der Waals surface area contributed by atoms with E-state index in [2.05, 4.69) is 9.97 Å². The molecule has 0 unspecified atom stereocenters. The van der Waals surface area contributed by atoms with Crippen molar-refractivity contribution in [1.29, 1.82) is 0 Å². The van der Waals surface area contributed by atoms with Gasteiger partial charge in [0.1, 0.15) is 5.56 Å². The number of nitrogens with zero attached hydrogens (tertiary/aromatic N) is 3. The van der Waals surface area contributed by atoms with Crippen LogP contribution < -0.4 is 0 Å². The average molecular weight is 293 g/mol. The minimum atomic E-state index is -0.425. The normalized spacial score (nSPS) is 10.4. The second kappa shape index (κ2) is 6.22. The fourth-order valence-corrected chi connectivity index (χ4v) is 2.12. The minimum absolute atomic E-state index is 0.310. The smallest absolute Gasteiger partial charge is 0.343 e. The van der Waals surface area contributed by atoms with Crippen molar-refractivity contribution >= 4 is 5.97 Å². The Hall–Kier alpha value is -2.95. The molecule has 5 heteroatoms. The summed E-state index contributed by atoms with van der Waals surface area (Å²) in [5.41, 5.74) is 1.24. The Morgan fingerprint density at radius 1 is 1.14 bits per heavy atom. The molecule has 2 heterocycles. The number of carbonyl (C=O) groups is 1. The Kier molecular flexibility index (Phi) is 3.96. The standard InChI is InChI=1S/C17H15N3O2/c1-2-22-17(21)14-12-18-15(13-8-4-3-5-9-13)19-16(14)20-10-6-7-11-20/h3-12H,2H2,1H3.